The van der Waals surface area contributed by atoms with E-state index < -0.39 is 5.97 Å². The second-order valence-corrected chi connectivity index (χ2v) is 5.86. The molecule has 0 aliphatic rings. The summed E-state index contributed by atoms with van der Waals surface area (Å²) in [4.78, 5) is 12.5. The molecule has 0 aliphatic carbocycles. The summed E-state index contributed by atoms with van der Waals surface area (Å²) in [5.74, 6) is 0.491. The molecule has 20 heavy (non-hydrogen) atoms. The molecule has 5 heteroatoms. The number of thioether (sulfide) groups is 1. The molecule has 2 rings (SSSR count). The van der Waals surface area contributed by atoms with Crippen LogP contribution in [0.25, 0.3) is 0 Å². The molecule has 1 atom stereocenters. The summed E-state index contributed by atoms with van der Waals surface area (Å²) in [7, 11) is 1.33. The monoisotopic (exact) mass is 291 g/mol. The number of hydrogen-bond donors (Lipinski definition) is 1. The van der Waals surface area contributed by atoms with E-state index in [2.05, 4.69) is 4.74 Å². The molecule has 1 heterocycles. The van der Waals surface area contributed by atoms with Gasteiger partial charge in [-0.3, -0.25) is 0 Å². The van der Waals surface area contributed by atoms with E-state index in [1.54, 1.807) is 23.9 Å². The Kier molecular flexibility index (Phi) is 4.39. The third-order valence-corrected chi connectivity index (χ3v) is 4.21. The van der Waals surface area contributed by atoms with Gasteiger partial charge in [0.1, 0.15) is 5.76 Å². The predicted molar refractivity (Wildman–Crippen MR) is 79.9 cm³/mol. The standard InChI is InChI=1S/C15H17NO3S/c1-9-4-5-11(16)8-14(9)20-10(2)12-6-7-13(19-12)15(17)18-3/h4-8,10H,16H2,1-3H3. The number of benzene rings is 1. The highest BCUT2D eigenvalue weighted by atomic mass is 32.2. The molecule has 1 aromatic carbocycles. The molecule has 0 bridgehead atoms. The molecule has 0 saturated heterocycles. The maximum absolute atomic E-state index is 11.4. The highest BCUT2D eigenvalue weighted by molar-refractivity contribution is 7.99. The Balaban J connectivity index is 2.15. The van der Waals surface area contributed by atoms with E-state index in [0.717, 1.165) is 21.9 Å². The number of aryl methyl sites for hydroxylation is 1. The lowest BCUT2D eigenvalue weighted by Crippen LogP contribution is -1.98. The van der Waals surface area contributed by atoms with Crippen molar-refractivity contribution in [2.24, 2.45) is 0 Å². The first-order valence-electron chi connectivity index (χ1n) is 6.22. The lowest BCUT2D eigenvalue weighted by Gasteiger charge is -2.11. The molecule has 2 N–H and O–H groups in total. The van der Waals surface area contributed by atoms with Gasteiger partial charge in [-0.1, -0.05) is 6.07 Å². The molecular weight excluding hydrogens is 274 g/mol. The van der Waals surface area contributed by atoms with Crippen LogP contribution < -0.4 is 5.73 Å². The summed E-state index contributed by atoms with van der Waals surface area (Å²) in [5.41, 5.74) is 7.70. The summed E-state index contributed by atoms with van der Waals surface area (Å²) >= 11 is 1.64. The fourth-order valence-corrected chi connectivity index (χ4v) is 2.86. The van der Waals surface area contributed by atoms with Crippen LogP contribution in [0.4, 0.5) is 5.69 Å². The first kappa shape index (κ1) is 14.5. The van der Waals surface area contributed by atoms with Crippen molar-refractivity contribution in [3.05, 3.63) is 47.4 Å². The number of methoxy groups -OCH3 is 1. The van der Waals surface area contributed by atoms with Crippen molar-refractivity contribution < 1.29 is 13.9 Å². The molecule has 1 aromatic heterocycles. The Morgan fingerprint density at radius 3 is 2.80 bits per heavy atom. The normalized spacial score (nSPS) is 12.2. The number of ether oxygens (including phenoxy) is 1. The van der Waals surface area contributed by atoms with Gasteiger partial charge in [0.25, 0.3) is 0 Å². The van der Waals surface area contributed by atoms with Crippen LogP contribution in [0, 0.1) is 6.92 Å². The van der Waals surface area contributed by atoms with Crippen LogP contribution in [0.2, 0.25) is 0 Å². The third-order valence-electron chi connectivity index (χ3n) is 2.93. The fraction of sp³-hybridized carbons (Fsp3) is 0.267. The molecule has 0 spiro atoms. The van der Waals surface area contributed by atoms with Gasteiger partial charge in [0.15, 0.2) is 0 Å². The number of nitrogens with two attached hydrogens (primary N) is 1. The van der Waals surface area contributed by atoms with E-state index >= 15 is 0 Å². The maximum atomic E-state index is 11.4. The van der Waals surface area contributed by atoms with Crippen molar-refractivity contribution in [1.82, 2.24) is 0 Å². The van der Waals surface area contributed by atoms with Gasteiger partial charge in [-0.25, -0.2) is 4.79 Å². The molecule has 2 aromatic rings. The van der Waals surface area contributed by atoms with Crippen LogP contribution in [-0.2, 0) is 4.74 Å². The van der Waals surface area contributed by atoms with Crippen LogP contribution in [0.1, 0.15) is 34.1 Å². The van der Waals surface area contributed by atoms with Gasteiger partial charge in [0, 0.05) is 10.6 Å². The summed E-state index contributed by atoms with van der Waals surface area (Å²) in [6.45, 7) is 4.06. The molecular formula is C15H17NO3S. The van der Waals surface area contributed by atoms with Crippen LogP contribution in [0.3, 0.4) is 0 Å². The quantitative estimate of drug-likeness (QED) is 0.527. The smallest absolute Gasteiger partial charge is 0.373 e. The molecule has 0 fully saturated rings. The third kappa shape index (κ3) is 3.17. The number of anilines is 1. The molecule has 0 aliphatic heterocycles. The van der Waals surface area contributed by atoms with Crippen LogP contribution in [-0.4, -0.2) is 13.1 Å². The summed E-state index contributed by atoms with van der Waals surface area (Å²) in [6.07, 6.45) is 0. The lowest BCUT2D eigenvalue weighted by molar-refractivity contribution is 0.0563. The molecule has 0 radical (unpaired) electrons. The lowest BCUT2D eigenvalue weighted by atomic mass is 10.2. The maximum Gasteiger partial charge on any atom is 0.373 e. The number of carbonyl (C=O) groups excluding carboxylic acids is 1. The predicted octanol–water partition coefficient (Wildman–Crippen LogP) is 3.81. The summed E-state index contributed by atoms with van der Waals surface area (Å²) < 4.78 is 10.1. The van der Waals surface area contributed by atoms with Gasteiger partial charge in [-0.2, -0.15) is 0 Å². The first-order chi connectivity index (χ1) is 9.51. The minimum Gasteiger partial charge on any atom is -0.463 e. The average molecular weight is 291 g/mol. The first-order valence-corrected chi connectivity index (χ1v) is 7.10. The number of nitrogen functional groups attached to an aromatic ring is 1. The molecule has 4 nitrogen and oxygen atoms in total. The van der Waals surface area contributed by atoms with Gasteiger partial charge in [0.2, 0.25) is 5.76 Å². The van der Waals surface area contributed by atoms with Gasteiger partial charge in [0.05, 0.1) is 12.4 Å². The Morgan fingerprint density at radius 1 is 1.35 bits per heavy atom. The topological polar surface area (TPSA) is 65.5 Å². The number of carbonyl (C=O) groups is 1. The highest BCUT2D eigenvalue weighted by Crippen LogP contribution is 2.37. The van der Waals surface area contributed by atoms with Crippen molar-refractivity contribution in [2.75, 3.05) is 12.8 Å². The zero-order chi connectivity index (χ0) is 14.7. The largest absolute Gasteiger partial charge is 0.463 e. The Labute approximate surface area is 122 Å². The van der Waals surface area contributed by atoms with Gasteiger partial charge >= 0.3 is 5.97 Å². The highest BCUT2D eigenvalue weighted by Gasteiger charge is 2.17. The van der Waals surface area contributed by atoms with E-state index in [-0.39, 0.29) is 11.0 Å². The molecule has 0 saturated carbocycles. The zero-order valence-electron chi connectivity index (χ0n) is 11.7. The van der Waals surface area contributed by atoms with Crippen molar-refractivity contribution in [2.45, 2.75) is 24.0 Å². The second-order valence-electron chi connectivity index (χ2n) is 4.48. The number of hydrogen-bond acceptors (Lipinski definition) is 5. The van der Waals surface area contributed by atoms with Gasteiger partial charge in [-0.15, -0.1) is 11.8 Å². The van der Waals surface area contributed by atoms with Crippen LogP contribution in [0.5, 0.6) is 0 Å². The van der Waals surface area contributed by atoms with Crippen molar-refractivity contribution in [3.63, 3.8) is 0 Å². The van der Waals surface area contributed by atoms with Crippen LogP contribution >= 0.6 is 11.8 Å². The molecule has 106 valence electrons. The van der Waals surface area contributed by atoms with Crippen molar-refractivity contribution in [3.8, 4) is 0 Å². The van der Waals surface area contributed by atoms with E-state index in [1.807, 2.05) is 32.0 Å². The minimum atomic E-state index is -0.464. The zero-order valence-corrected chi connectivity index (χ0v) is 12.5. The van der Waals surface area contributed by atoms with E-state index in [9.17, 15) is 4.79 Å². The second kappa shape index (κ2) is 6.05. The van der Waals surface area contributed by atoms with Crippen LogP contribution in [0.15, 0.2) is 39.6 Å². The van der Waals surface area contributed by atoms with E-state index in [0.29, 0.717) is 0 Å². The van der Waals surface area contributed by atoms with E-state index in [4.69, 9.17) is 10.2 Å². The number of esters is 1. The average Bonchev–Trinajstić information content (AvgIpc) is 2.91. The Morgan fingerprint density at radius 2 is 2.10 bits per heavy atom. The summed E-state index contributed by atoms with van der Waals surface area (Å²) in [5, 5.41) is 0.0777. The minimum absolute atomic E-state index is 0.0777. The number of rotatable bonds is 4. The van der Waals surface area contributed by atoms with Gasteiger partial charge in [-0.05, 0) is 43.7 Å². The number of furan rings is 1. The van der Waals surface area contributed by atoms with Crippen molar-refractivity contribution in [1.29, 1.82) is 0 Å². The molecule has 0 amide bonds. The van der Waals surface area contributed by atoms with Crippen molar-refractivity contribution >= 4 is 23.4 Å². The SMILES string of the molecule is COC(=O)c1ccc(C(C)Sc2cc(N)ccc2C)o1. The Bertz CT molecular complexity index is 621. The Hall–Kier alpha value is -1.88. The fourth-order valence-electron chi connectivity index (χ4n) is 1.77. The van der Waals surface area contributed by atoms with Gasteiger partial charge < -0.3 is 14.9 Å². The summed E-state index contributed by atoms with van der Waals surface area (Å²) in [6, 6.07) is 9.25. The van der Waals surface area contributed by atoms with E-state index in [1.165, 1.54) is 7.11 Å². The molecule has 1 unspecified atom stereocenters.